The number of hydrogen-bond donors (Lipinski definition) is 2. The molecule has 84 valence electrons. The molecule has 3 heteroatoms. The van der Waals surface area contributed by atoms with Gasteiger partial charge in [-0.15, -0.1) is 0 Å². The first-order valence-corrected chi connectivity index (χ1v) is 5.60. The van der Waals surface area contributed by atoms with E-state index in [1.165, 1.54) is 10.9 Å². The van der Waals surface area contributed by atoms with Gasteiger partial charge in [0.15, 0.2) is 0 Å². The number of aromatic nitrogens is 1. The predicted octanol–water partition coefficient (Wildman–Crippen LogP) is 1.54. The van der Waals surface area contributed by atoms with Crippen molar-refractivity contribution in [3.8, 4) is 0 Å². The SMILES string of the molecule is CNCCNCc1cccc2ncccc12. The Morgan fingerprint density at radius 1 is 1.12 bits per heavy atom. The van der Waals surface area contributed by atoms with Gasteiger partial charge in [-0.2, -0.15) is 0 Å². The Morgan fingerprint density at radius 2 is 2.06 bits per heavy atom. The van der Waals surface area contributed by atoms with Gasteiger partial charge in [0.05, 0.1) is 5.52 Å². The lowest BCUT2D eigenvalue weighted by Gasteiger charge is -2.07. The smallest absolute Gasteiger partial charge is 0.0705 e. The maximum atomic E-state index is 4.35. The number of rotatable bonds is 5. The third-order valence-corrected chi connectivity index (χ3v) is 2.60. The van der Waals surface area contributed by atoms with E-state index in [2.05, 4.69) is 33.8 Å². The second-order valence-corrected chi connectivity index (χ2v) is 3.77. The van der Waals surface area contributed by atoms with Crippen molar-refractivity contribution in [2.24, 2.45) is 0 Å². The zero-order valence-electron chi connectivity index (χ0n) is 9.53. The topological polar surface area (TPSA) is 37.0 Å². The van der Waals surface area contributed by atoms with E-state index < -0.39 is 0 Å². The summed E-state index contributed by atoms with van der Waals surface area (Å²) in [5, 5.41) is 7.76. The average Bonchev–Trinajstić information content (AvgIpc) is 2.35. The van der Waals surface area contributed by atoms with Crippen LogP contribution >= 0.6 is 0 Å². The van der Waals surface area contributed by atoms with Gasteiger partial charge in [0.25, 0.3) is 0 Å². The molecule has 2 N–H and O–H groups in total. The minimum Gasteiger partial charge on any atom is -0.318 e. The normalized spacial score (nSPS) is 10.8. The number of hydrogen-bond acceptors (Lipinski definition) is 3. The summed E-state index contributed by atoms with van der Waals surface area (Å²) >= 11 is 0. The number of likely N-dealkylation sites (N-methyl/N-ethyl adjacent to an activating group) is 1. The summed E-state index contributed by atoms with van der Waals surface area (Å²) in [5.41, 5.74) is 2.37. The summed E-state index contributed by atoms with van der Waals surface area (Å²) in [5.74, 6) is 0. The Bertz CT molecular complexity index is 448. The molecule has 0 amide bonds. The van der Waals surface area contributed by atoms with Gasteiger partial charge in [-0.1, -0.05) is 18.2 Å². The van der Waals surface area contributed by atoms with Crippen LogP contribution in [0, 0.1) is 0 Å². The number of nitrogens with one attached hydrogen (secondary N) is 2. The third kappa shape index (κ3) is 2.56. The van der Waals surface area contributed by atoms with Crippen LogP contribution in [0.2, 0.25) is 0 Å². The van der Waals surface area contributed by atoms with E-state index in [-0.39, 0.29) is 0 Å². The molecule has 0 saturated heterocycles. The Labute approximate surface area is 95.9 Å². The van der Waals surface area contributed by atoms with Gasteiger partial charge < -0.3 is 10.6 Å². The van der Waals surface area contributed by atoms with Gasteiger partial charge >= 0.3 is 0 Å². The maximum Gasteiger partial charge on any atom is 0.0705 e. The Kier molecular flexibility index (Phi) is 3.86. The highest BCUT2D eigenvalue weighted by atomic mass is 14.9. The van der Waals surface area contributed by atoms with Crippen molar-refractivity contribution in [3.05, 3.63) is 42.1 Å². The van der Waals surface area contributed by atoms with E-state index in [4.69, 9.17) is 0 Å². The summed E-state index contributed by atoms with van der Waals surface area (Å²) in [4.78, 5) is 4.35. The Morgan fingerprint density at radius 3 is 2.94 bits per heavy atom. The van der Waals surface area contributed by atoms with Crippen LogP contribution in [0.4, 0.5) is 0 Å². The Hall–Kier alpha value is -1.45. The van der Waals surface area contributed by atoms with Gasteiger partial charge in [-0.25, -0.2) is 0 Å². The summed E-state index contributed by atoms with van der Waals surface area (Å²) < 4.78 is 0. The van der Waals surface area contributed by atoms with Crippen LogP contribution in [0.3, 0.4) is 0 Å². The molecule has 1 aromatic carbocycles. The zero-order valence-corrected chi connectivity index (χ0v) is 9.53. The maximum absolute atomic E-state index is 4.35. The lowest BCUT2D eigenvalue weighted by atomic mass is 10.1. The van der Waals surface area contributed by atoms with Crippen molar-refractivity contribution in [1.29, 1.82) is 0 Å². The first kappa shape index (κ1) is 11.0. The van der Waals surface area contributed by atoms with Gasteiger partial charge in [0, 0.05) is 31.2 Å². The fourth-order valence-electron chi connectivity index (χ4n) is 1.76. The molecular formula is C13H17N3. The van der Waals surface area contributed by atoms with Crippen LogP contribution in [0.15, 0.2) is 36.5 Å². The van der Waals surface area contributed by atoms with E-state index in [0.717, 1.165) is 25.2 Å². The summed E-state index contributed by atoms with van der Waals surface area (Å²) in [6, 6.07) is 10.4. The van der Waals surface area contributed by atoms with E-state index in [0.29, 0.717) is 0 Å². The number of benzene rings is 1. The third-order valence-electron chi connectivity index (χ3n) is 2.60. The van der Waals surface area contributed by atoms with Gasteiger partial charge in [0.1, 0.15) is 0 Å². The van der Waals surface area contributed by atoms with Crippen LogP contribution in [0.1, 0.15) is 5.56 Å². The minimum atomic E-state index is 0.894. The van der Waals surface area contributed by atoms with Crippen molar-refractivity contribution in [3.63, 3.8) is 0 Å². The predicted molar refractivity (Wildman–Crippen MR) is 67.4 cm³/mol. The van der Waals surface area contributed by atoms with E-state index in [1.54, 1.807) is 0 Å². The van der Waals surface area contributed by atoms with Crippen LogP contribution in [0.25, 0.3) is 10.9 Å². The van der Waals surface area contributed by atoms with E-state index in [9.17, 15) is 0 Å². The van der Waals surface area contributed by atoms with Gasteiger partial charge in [-0.05, 0) is 24.7 Å². The fraction of sp³-hybridized carbons (Fsp3) is 0.308. The quantitative estimate of drug-likeness (QED) is 0.743. The molecule has 0 fully saturated rings. The largest absolute Gasteiger partial charge is 0.318 e. The fourth-order valence-corrected chi connectivity index (χ4v) is 1.76. The molecule has 0 aliphatic heterocycles. The summed E-state index contributed by atoms with van der Waals surface area (Å²) in [7, 11) is 1.96. The van der Waals surface area contributed by atoms with Gasteiger partial charge in [0.2, 0.25) is 0 Å². The highest BCUT2D eigenvalue weighted by Gasteiger charge is 1.99. The monoisotopic (exact) mass is 215 g/mol. The van der Waals surface area contributed by atoms with Gasteiger partial charge in [-0.3, -0.25) is 4.98 Å². The number of pyridine rings is 1. The first-order valence-electron chi connectivity index (χ1n) is 5.60. The Balaban J connectivity index is 2.11. The second-order valence-electron chi connectivity index (χ2n) is 3.77. The first-order chi connectivity index (χ1) is 7.92. The van der Waals surface area contributed by atoms with E-state index >= 15 is 0 Å². The van der Waals surface area contributed by atoms with Crippen LogP contribution in [-0.4, -0.2) is 25.1 Å². The molecule has 2 rings (SSSR count). The second kappa shape index (κ2) is 5.58. The van der Waals surface area contributed by atoms with Crippen molar-refractivity contribution in [2.45, 2.75) is 6.54 Å². The molecule has 16 heavy (non-hydrogen) atoms. The highest BCUT2D eigenvalue weighted by molar-refractivity contribution is 5.81. The lowest BCUT2D eigenvalue weighted by Crippen LogP contribution is -2.24. The standard InChI is InChI=1S/C13H17N3/c1-14-8-9-15-10-11-4-2-6-13-12(11)5-3-7-16-13/h2-7,14-15H,8-10H2,1H3. The molecule has 2 aromatic rings. The van der Waals surface area contributed by atoms with Crippen molar-refractivity contribution in [1.82, 2.24) is 15.6 Å². The molecule has 0 aliphatic rings. The molecule has 1 heterocycles. The molecule has 0 radical (unpaired) electrons. The molecule has 1 aromatic heterocycles. The van der Waals surface area contributed by atoms with Crippen molar-refractivity contribution >= 4 is 10.9 Å². The van der Waals surface area contributed by atoms with Crippen molar-refractivity contribution < 1.29 is 0 Å². The molecule has 0 saturated carbocycles. The molecule has 0 atom stereocenters. The van der Waals surface area contributed by atoms with Crippen LogP contribution < -0.4 is 10.6 Å². The molecule has 0 spiro atoms. The van der Waals surface area contributed by atoms with E-state index in [1.807, 2.05) is 25.4 Å². The lowest BCUT2D eigenvalue weighted by molar-refractivity contribution is 0.652. The average molecular weight is 215 g/mol. The highest BCUT2D eigenvalue weighted by Crippen LogP contribution is 2.15. The minimum absolute atomic E-state index is 0.894. The molecule has 3 nitrogen and oxygen atoms in total. The summed E-state index contributed by atoms with van der Waals surface area (Å²) in [6.07, 6.45) is 1.83. The summed E-state index contributed by atoms with van der Waals surface area (Å²) in [6.45, 7) is 2.86. The molecular weight excluding hydrogens is 198 g/mol. The molecule has 0 bridgehead atoms. The zero-order chi connectivity index (χ0) is 11.2. The number of fused-ring (bicyclic) bond motifs is 1. The van der Waals surface area contributed by atoms with Crippen LogP contribution in [0.5, 0.6) is 0 Å². The van der Waals surface area contributed by atoms with Crippen molar-refractivity contribution in [2.75, 3.05) is 20.1 Å². The molecule has 0 unspecified atom stereocenters. The van der Waals surface area contributed by atoms with Crippen LogP contribution in [-0.2, 0) is 6.54 Å². The number of nitrogens with zero attached hydrogens (tertiary/aromatic N) is 1. The molecule has 0 aliphatic carbocycles.